The Morgan fingerprint density at radius 1 is 1.20 bits per heavy atom. The largest absolute Gasteiger partial charge is 0.329 e. The van der Waals surface area contributed by atoms with Crippen molar-refractivity contribution >= 4 is 22.6 Å². The second-order valence-corrected chi connectivity index (χ2v) is 8.94. The number of halogens is 1. The average molecular weight is 477 g/mol. The van der Waals surface area contributed by atoms with Crippen LogP contribution in [0.25, 0.3) is 16.7 Å². The molecule has 1 saturated carbocycles. The van der Waals surface area contributed by atoms with Crippen molar-refractivity contribution in [1.29, 1.82) is 0 Å². The number of hydrogen-bond donors (Lipinski definition) is 2. The van der Waals surface area contributed by atoms with Crippen LogP contribution in [-0.4, -0.2) is 30.2 Å². The number of nitrogens with zero attached hydrogens (tertiary/aromatic N) is 4. The summed E-state index contributed by atoms with van der Waals surface area (Å²) in [7, 11) is 0. The summed E-state index contributed by atoms with van der Waals surface area (Å²) in [6.07, 6.45) is 2.51. The molecule has 4 aromatic rings. The monoisotopic (exact) mass is 476 g/mol. The zero-order chi connectivity index (χ0) is 24.9. The number of fused-ring (bicyclic) bond motifs is 1. The first-order valence-electron chi connectivity index (χ1n) is 11.6. The summed E-state index contributed by atoms with van der Waals surface area (Å²) in [4.78, 5) is 45.4. The molecule has 0 radical (unpaired) electrons. The van der Waals surface area contributed by atoms with Gasteiger partial charge in [0.1, 0.15) is 5.69 Å². The van der Waals surface area contributed by atoms with Gasteiger partial charge in [0.15, 0.2) is 11.5 Å². The van der Waals surface area contributed by atoms with Gasteiger partial charge in [-0.3, -0.25) is 19.1 Å². The van der Waals surface area contributed by atoms with E-state index in [0.717, 1.165) is 24.2 Å². The zero-order valence-corrected chi connectivity index (χ0v) is 19.7. The minimum atomic E-state index is -0.677. The molecular weight excluding hydrogens is 451 g/mol. The van der Waals surface area contributed by atoms with E-state index in [1.165, 1.54) is 21.4 Å². The lowest BCUT2D eigenvalue weighted by molar-refractivity contribution is 0.102. The number of benzene rings is 1. The lowest BCUT2D eigenvalue weighted by Gasteiger charge is -2.13. The van der Waals surface area contributed by atoms with Crippen molar-refractivity contribution in [2.45, 2.75) is 52.5 Å². The molecule has 1 amide bonds. The standard InChI is InChI=1S/C25H25FN6O3/c1-4-9-31-22-21(24(34)29-25(31)35)17(12-19(28-22)15-5-6-15)23(33)27-16-7-8-20(18(26)11-16)32-14(3)10-13(2)30-32/h7-8,10-12,15H,4-6,9H2,1-3H3,(H,27,33)(H,29,34,35). The fraction of sp³-hybridized carbons (Fsp3) is 0.320. The molecule has 2 N–H and O–H groups in total. The van der Waals surface area contributed by atoms with Crippen molar-refractivity contribution < 1.29 is 9.18 Å². The van der Waals surface area contributed by atoms with Crippen LogP contribution < -0.4 is 16.6 Å². The van der Waals surface area contributed by atoms with Gasteiger partial charge in [0.05, 0.1) is 16.6 Å². The van der Waals surface area contributed by atoms with E-state index in [2.05, 4.69) is 20.4 Å². The minimum absolute atomic E-state index is 0.0414. The van der Waals surface area contributed by atoms with Gasteiger partial charge >= 0.3 is 5.69 Å². The Morgan fingerprint density at radius 2 is 1.97 bits per heavy atom. The zero-order valence-electron chi connectivity index (χ0n) is 19.7. The van der Waals surface area contributed by atoms with E-state index in [4.69, 9.17) is 0 Å². The molecule has 1 aliphatic carbocycles. The maximum Gasteiger partial charge on any atom is 0.329 e. The average Bonchev–Trinajstić information content (AvgIpc) is 3.60. The third-order valence-corrected chi connectivity index (χ3v) is 6.10. The number of H-pyrrole nitrogens is 1. The van der Waals surface area contributed by atoms with Crippen molar-refractivity contribution in [3.8, 4) is 5.69 Å². The van der Waals surface area contributed by atoms with Crippen molar-refractivity contribution in [2.75, 3.05) is 5.32 Å². The topological polar surface area (TPSA) is 115 Å². The van der Waals surface area contributed by atoms with E-state index in [0.29, 0.717) is 18.7 Å². The van der Waals surface area contributed by atoms with E-state index in [-0.39, 0.29) is 33.9 Å². The Bertz CT molecular complexity index is 1600. The Balaban J connectivity index is 1.57. The molecule has 5 rings (SSSR count). The Hall–Kier alpha value is -4.08. The molecule has 35 heavy (non-hydrogen) atoms. The molecule has 180 valence electrons. The maximum absolute atomic E-state index is 14.9. The summed E-state index contributed by atoms with van der Waals surface area (Å²) >= 11 is 0. The summed E-state index contributed by atoms with van der Waals surface area (Å²) < 4.78 is 17.8. The quantitative estimate of drug-likeness (QED) is 0.442. The van der Waals surface area contributed by atoms with Gasteiger partial charge in [0.25, 0.3) is 11.5 Å². The van der Waals surface area contributed by atoms with E-state index < -0.39 is 23.0 Å². The smallest absolute Gasteiger partial charge is 0.322 e. The second kappa shape index (κ2) is 8.61. The predicted molar refractivity (Wildman–Crippen MR) is 130 cm³/mol. The molecular formula is C25H25FN6O3. The van der Waals surface area contributed by atoms with E-state index in [9.17, 15) is 18.8 Å². The molecule has 0 saturated heterocycles. The van der Waals surface area contributed by atoms with Crippen LogP contribution in [0.5, 0.6) is 0 Å². The summed E-state index contributed by atoms with van der Waals surface area (Å²) in [5, 5.41) is 7.04. The van der Waals surface area contributed by atoms with Crippen LogP contribution in [-0.2, 0) is 6.54 Å². The van der Waals surface area contributed by atoms with Crippen LogP contribution in [0.15, 0.2) is 39.9 Å². The fourth-order valence-corrected chi connectivity index (χ4v) is 4.32. The molecule has 0 unspecified atom stereocenters. The lowest BCUT2D eigenvalue weighted by atomic mass is 10.1. The molecule has 3 aromatic heterocycles. The number of amides is 1. The predicted octanol–water partition coefficient (Wildman–Crippen LogP) is 3.57. The van der Waals surface area contributed by atoms with Crippen molar-refractivity contribution in [3.05, 3.63) is 79.6 Å². The van der Waals surface area contributed by atoms with Gasteiger partial charge < -0.3 is 5.32 Å². The number of aryl methyl sites for hydroxylation is 3. The van der Waals surface area contributed by atoms with E-state index >= 15 is 0 Å². The third-order valence-electron chi connectivity index (χ3n) is 6.10. The first-order chi connectivity index (χ1) is 16.8. The van der Waals surface area contributed by atoms with Gasteiger partial charge in [-0.05, 0) is 63.4 Å². The first kappa shape index (κ1) is 22.7. The molecule has 0 bridgehead atoms. The second-order valence-electron chi connectivity index (χ2n) is 8.94. The third kappa shape index (κ3) is 4.16. The molecule has 10 heteroatoms. The molecule has 0 aliphatic heterocycles. The van der Waals surface area contributed by atoms with E-state index in [1.807, 2.05) is 26.8 Å². The van der Waals surface area contributed by atoms with Crippen LogP contribution in [0.4, 0.5) is 10.1 Å². The molecule has 9 nitrogen and oxygen atoms in total. The summed E-state index contributed by atoms with van der Waals surface area (Å²) in [5.74, 6) is -0.945. The first-order valence-corrected chi connectivity index (χ1v) is 11.6. The number of anilines is 1. The van der Waals surface area contributed by atoms with Crippen LogP contribution >= 0.6 is 0 Å². The highest BCUT2D eigenvalue weighted by Gasteiger charge is 2.29. The summed E-state index contributed by atoms with van der Waals surface area (Å²) in [6.45, 7) is 5.92. The highest BCUT2D eigenvalue weighted by atomic mass is 19.1. The van der Waals surface area contributed by atoms with Crippen LogP contribution in [0.2, 0.25) is 0 Å². The molecule has 0 atom stereocenters. The van der Waals surface area contributed by atoms with Gasteiger partial charge in [-0.1, -0.05) is 6.92 Å². The van der Waals surface area contributed by atoms with Gasteiger partial charge in [-0.2, -0.15) is 5.10 Å². The number of carbonyl (C=O) groups excluding carboxylic acids is 1. The fourth-order valence-electron chi connectivity index (χ4n) is 4.32. The van der Waals surface area contributed by atoms with Gasteiger partial charge in [-0.25, -0.2) is 18.9 Å². The minimum Gasteiger partial charge on any atom is -0.322 e. The Labute approximate surface area is 199 Å². The molecule has 1 aromatic carbocycles. The van der Waals surface area contributed by atoms with Crippen molar-refractivity contribution in [2.24, 2.45) is 0 Å². The van der Waals surface area contributed by atoms with Gasteiger partial charge in [0.2, 0.25) is 0 Å². The Morgan fingerprint density at radius 3 is 2.60 bits per heavy atom. The molecule has 0 spiro atoms. The number of nitrogens with one attached hydrogen (secondary N) is 2. The number of pyridine rings is 1. The number of hydrogen-bond acceptors (Lipinski definition) is 5. The highest BCUT2D eigenvalue weighted by molar-refractivity contribution is 6.11. The Kier molecular flexibility index (Phi) is 5.58. The van der Waals surface area contributed by atoms with Crippen LogP contribution in [0.3, 0.4) is 0 Å². The molecule has 1 aliphatic rings. The van der Waals surface area contributed by atoms with Gasteiger partial charge in [0, 0.05) is 29.5 Å². The maximum atomic E-state index is 14.9. The number of carbonyl (C=O) groups is 1. The molecule has 3 heterocycles. The number of rotatable bonds is 6. The van der Waals surface area contributed by atoms with Crippen LogP contribution in [0.1, 0.15) is 59.5 Å². The van der Waals surface area contributed by atoms with Crippen molar-refractivity contribution in [1.82, 2.24) is 24.3 Å². The normalized spacial score (nSPS) is 13.4. The van der Waals surface area contributed by atoms with Gasteiger partial charge in [-0.15, -0.1) is 0 Å². The lowest BCUT2D eigenvalue weighted by Crippen LogP contribution is -2.32. The summed E-state index contributed by atoms with van der Waals surface area (Å²) in [5.41, 5.74) is 1.78. The highest BCUT2D eigenvalue weighted by Crippen LogP contribution is 2.40. The van der Waals surface area contributed by atoms with E-state index in [1.54, 1.807) is 12.1 Å². The van der Waals surface area contributed by atoms with Crippen LogP contribution in [0, 0.1) is 19.7 Å². The molecule has 1 fully saturated rings. The van der Waals surface area contributed by atoms with Crippen molar-refractivity contribution in [3.63, 3.8) is 0 Å². The number of aromatic nitrogens is 5. The SMILES string of the molecule is CCCn1c(=O)[nH]c(=O)c2c(C(=O)Nc3ccc(-n4nc(C)cc4C)c(F)c3)cc(C3CC3)nc21. The number of aromatic amines is 1. The summed E-state index contributed by atoms with van der Waals surface area (Å²) in [6, 6.07) is 7.78.